The lowest BCUT2D eigenvalue weighted by atomic mass is 9.91. The monoisotopic (exact) mass is 241 g/mol. The van der Waals surface area contributed by atoms with Gasteiger partial charge in [0.2, 0.25) is 0 Å². The fourth-order valence-electron chi connectivity index (χ4n) is 2.33. The molecule has 0 amide bonds. The molecule has 2 heteroatoms. The van der Waals surface area contributed by atoms with Gasteiger partial charge in [-0.25, -0.2) is 0 Å². The lowest BCUT2D eigenvalue weighted by molar-refractivity contribution is 0.357. The van der Waals surface area contributed by atoms with Crippen molar-refractivity contribution in [1.29, 1.82) is 0 Å². The minimum absolute atomic E-state index is 0.117. The van der Waals surface area contributed by atoms with Crippen LogP contribution in [0.2, 0.25) is 0 Å². The molecule has 0 aliphatic rings. The van der Waals surface area contributed by atoms with Crippen LogP contribution in [0.15, 0.2) is 34.7 Å². The van der Waals surface area contributed by atoms with Crippen LogP contribution < -0.4 is 5.73 Å². The van der Waals surface area contributed by atoms with Gasteiger partial charge in [0, 0.05) is 11.8 Å². The van der Waals surface area contributed by atoms with E-state index in [4.69, 9.17) is 16.6 Å². The molecule has 1 unspecified atom stereocenters. The molecule has 0 bridgehead atoms. The molecule has 0 saturated carbocycles. The van der Waals surface area contributed by atoms with Gasteiger partial charge in [-0.05, 0) is 24.5 Å². The van der Waals surface area contributed by atoms with E-state index >= 15 is 0 Å². The quantitative estimate of drug-likeness (QED) is 0.807. The lowest BCUT2D eigenvalue weighted by Crippen LogP contribution is -2.20. The van der Waals surface area contributed by atoms with Gasteiger partial charge in [0.25, 0.3) is 0 Å². The third-order valence-electron chi connectivity index (χ3n) is 3.32. The molecule has 2 nitrogen and oxygen atoms in total. The molecule has 1 heterocycles. The summed E-state index contributed by atoms with van der Waals surface area (Å²) in [5, 5.41) is 1.10. The Morgan fingerprint density at radius 3 is 2.83 bits per heavy atom. The molecule has 0 radical (unpaired) electrons. The smallest absolute Gasteiger partial charge is 0.134 e. The van der Waals surface area contributed by atoms with Gasteiger partial charge >= 0.3 is 0 Å². The Hall–Kier alpha value is -1.72. The molecule has 2 rings (SSSR count). The van der Waals surface area contributed by atoms with Gasteiger partial charge in [-0.3, -0.25) is 0 Å². The van der Waals surface area contributed by atoms with Crippen molar-refractivity contribution in [2.45, 2.75) is 32.2 Å². The first-order valence-corrected chi connectivity index (χ1v) is 6.43. The molecule has 2 aromatic rings. The van der Waals surface area contributed by atoms with E-state index in [9.17, 15) is 0 Å². The number of hydrogen-bond donors (Lipinski definition) is 1. The maximum atomic E-state index is 6.29. The Labute approximate surface area is 108 Å². The molecule has 0 aliphatic carbocycles. The van der Waals surface area contributed by atoms with E-state index in [1.165, 1.54) is 0 Å². The van der Waals surface area contributed by atoms with Crippen LogP contribution in [0.4, 0.5) is 0 Å². The van der Waals surface area contributed by atoms with E-state index in [1.54, 1.807) is 0 Å². The highest BCUT2D eigenvalue weighted by Crippen LogP contribution is 2.30. The molecule has 0 saturated heterocycles. The van der Waals surface area contributed by atoms with Gasteiger partial charge in [-0.1, -0.05) is 31.5 Å². The van der Waals surface area contributed by atoms with Crippen molar-refractivity contribution in [2.24, 2.45) is 11.7 Å². The predicted molar refractivity (Wildman–Crippen MR) is 75.0 cm³/mol. The van der Waals surface area contributed by atoms with Crippen molar-refractivity contribution in [3.63, 3.8) is 0 Å². The van der Waals surface area contributed by atoms with Gasteiger partial charge < -0.3 is 10.2 Å². The molecule has 0 aliphatic heterocycles. The molecule has 1 aromatic heterocycles. The van der Waals surface area contributed by atoms with Crippen LogP contribution in [-0.2, 0) is 0 Å². The molecule has 1 aromatic carbocycles. The first-order chi connectivity index (χ1) is 8.76. The number of terminal acetylenes is 1. The van der Waals surface area contributed by atoms with Crippen molar-refractivity contribution in [3.05, 3.63) is 36.1 Å². The number of hydrogen-bond acceptors (Lipinski definition) is 2. The Balaban J connectivity index is 2.25. The Kier molecular flexibility index (Phi) is 4.07. The predicted octanol–water partition coefficient (Wildman–Crippen LogP) is 3.87. The summed E-state index contributed by atoms with van der Waals surface area (Å²) < 4.78 is 5.81. The third-order valence-corrected chi connectivity index (χ3v) is 3.32. The second kappa shape index (κ2) is 5.75. The minimum Gasteiger partial charge on any atom is -0.459 e. The number of benzene rings is 1. The van der Waals surface area contributed by atoms with Crippen molar-refractivity contribution in [2.75, 3.05) is 0 Å². The van der Waals surface area contributed by atoms with Crippen LogP contribution in [0.3, 0.4) is 0 Å². The maximum Gasteiger partial charge on any atom is 0.134 e. The third kappa shape index (κ3) is 2.57. The van der Waals surface area contributed by atoms with Crippen molar-refractivity contribution >= 4 is 11.0 Å². The summed E-state index contributed by atoms with van der Waals surface area (Å²) >= 11 is 0. The number of rotatable bonds is 5. The van der Waals surface area contributed by atoms with Crippen LogP contribution in [0.25, 0.3) is 11.0 Å². The molecule has 0 spiro atoms. The molecule has 2 atom stereocenters. The zero-order valence-corrected chi connectivity index (χ0v) is 10.7. The van der Waals surface area contributed by atoms with E-state index in [-0.39, 0.29) is 6.04 Å². The van der Waals surface area contributed by atoms with Gasteiger partial charge in [-0.2, -0.15) is 0 Å². The van der Waals surface area contributed by atoms with Crippen molar-refractivity contribution in [1.82, 2.24) is 0 Å². The summed E-state index contributed by atoms with van der Waals surface area (Å²) in [6.45, 7) is 2.15. The summed E-state index contributed by atoms with van der Waals surface area (Å²) in [7, 11) is 0. The number of furan rings is 1. The Morgan fingerprint density at radius 1 is 1.39 bits per heavy atom. The van der Waals surface area contributed by atoms with Crippen LogP contribution in [-0.4, -0.2) is 0 Å². The summed E-state index contributed by atoms with van der Waals surface area (Å²) in [5.41, 5.74) is 7.17. The van der Waals surface area contributed by atoms with Crippen LogP contribution >= 0.6 is 0 Å². The number of fused-ring (bicyclic) bond motifs is 1. The normalized spacial score (nSPS) is 14.3. The molecule has 2 N–H and O–H groups in total. The van der Waals surface area contributed by atoms with E-state index < -0.39 is 0 Å². The second-order valence-electron chi connectivity index (χ2n) is 4.67. The fraction of sp³-hybridized carbons (Fsp3) is 0.375. The first kappa shape index (κ1) is 12.7. The Morgan fingerprint density at radius 2 is 2.17 bits per heavy atom. The lowest BCUT2D eigenvalue weighted by Gasteiger charge is -2.19. The highest BCUT2D eigenvalue weighted by Gasteiger charge is 2.21. The van der Waals surface area contributed by atoms with E-state index in [1.807, 2.05) is 30.3 Å². The maximum absolute atomic E-state index is 6.29. The molecular formula is C16H19NO. The second-order valence-corrected chi connectivity index (χ2v) is 4.67. The van der Waals surface area contributed by atoms with Gasteiger partial charge in [0.1, 0.15) is 11.3 Å². The van der Waals surface area contributed by atoms with E-state index in [2.05, 4.69) is 12.8 Å². The standard InChI is InChI=1S/C16H19NO/c1-3-7-12(8-4-2)16(17)15-11-13-9-5-6-10-14(13)18-15/h1,5-6,9-12,16H,4,7-8,17H2,2H3/t12?,16-/m0/s1. The van der Waals surface area contributed by atoms with Gasteiger partial charge in [0.05, 0.1) is 6.04 Å². The first-order valence-electron chi connectivity index (χ1n) is 6.43. The topological polar surface area (TPSA) is 39.2 Å². The highest BCUT2D eigenvalue weighted by atomic mass is 16.3. The molecular weight excluding hydrogens is 222 g/mol. The molecule has 0 fully saturated rings. The molecule has 18 heavy (non-hydrogen) atoms. The highest BCUT2D eigenvalue weighted by molar-refractivity contribution is 5.77. The van der Waals surface area contributed by atoms with Crippen LogP contribution in [0.1, 0.15) is 38.0 Å². The minimum atomic E-state index is -0.117. The van der Waals surface area contributed by atoms with Gasteiger partial charge in [0.15, 0.2) is 0 Å². The van der Waals surface area contributed by atoms with Crippen molar-refractivity contribution in [3.8, 4) is 12.3 Å². The summed E-state index contributed by atoms with van der Waals surface area (Å²) in [4.78, 5) is 0. The van der Waals surface area contributed by atoms with E-state index in [0.717, 1.165) is 29.6 Å². The summed E-state index contributed by atoms with van der Waals surface area (Å²) in [6.07, 6.45) is 8.23. The summed E-state index contributed by atoms with van der Waals surface area (Å²) in [6, 6.07) is 9.86. The van der Waals surface area contributed by atoms with Crippen LogP contribution in [0.5, 0.6) is 0 Å². The number of nitrogens with two attached hydrogens (primary N) is 1. The fourth-order valence-corrected chi connectivity index (χ4v) is 2.33. The largest absolute Gasteiger partial charge is 0.459 e. The SMILES string of the molecule is C#CCC(CCC)[C@H](N)c1cc2ccccc2o1. The zero-order chi connectivity index (χ0) is 13.0. The molecule has 94 valence electrons. The zero-order valence-electron chi connectivity index (χ0n) is 10.7. The average molecular weight is 241 g/mol. The number of para-hydroxylation sites is 1. The average Bonchev–Trinajstić information content (AvgIpc) is 2.81. The van der Waals surface area contributed by atoms with E-state index in [0.29, 0.717) is 12.3 Å². The van der Waals surface area contributed by atoms with Crippen molar-refractivity contribution < 1.29 is 4.42 Å². The summed E-state index contributed by atoms with van der Waals surface area (Å²) in [5.74, 6) is 3.85. The van der Waals surface area contributed by atoms with Crippen LogP contribution in [0, 0.1) is 18.3 Å². The Bertz CT molecular complexity index is 516. The van der Waals surface area contributed by atoms with Gasteiger partial charge in [-0.15, -0.1) is 12.3 Å².